The molecule has 1 amide bonds. The Bertz CT molecular complexity index is 1200. The lowest BCUT2D eigenvalue weighted by Gasteiger charge is -2.09. The fourth-order valence-electron chi connectivity index (χ4n) is 2.89. The Balaban J connectivity index is 1.30. The third kappa shape index (κ3) is 5.60. The quantitative estimate of drug-likeness (QED) is 0.406. The van der Waals surface area contributed by atoms with E-state index in [-0.39, 0.29) is 12.5 Å². The molecule has 2 heterocycles. The van der Waals surface area contributed by atoms with Gasteiger partial charge in [0, 0.05) is 36.3 Å². The number of nitrogens with one attached hydrogen (secondary N) is 1. The summed E-state index contributed by atoms with van der Waals surface area (Å²) in [6.07, 6.45) is 5.22. The summed E-state index contributed by atoms with van der Waals surface area (Å²) in [6, 6.07) is 18.1. The van der Waals surface area contributed by atoms with Crippen molar-refractivity contribution in [1.29, 1.82) is 0 Å². The van der Waals surface area contributed by atoms with Crippen LogP contribution in [0.5, 0.6) is 5.75 Å². The Kier molecular flexibility index (Phi) is 6.94. The van der Waals surface area contributed by atoms with Crippen LogP contribution in [-0.2, 0) is 11.3 Å². The second-order valence-corrected chi connectivity index (χ2v) is 7.66. The standard InChI is InChI=1S/C24H18Cl2N4O2/c25-20-9-4-16(11-21(20)26)12-28-23(31)15-32-19-7-5-17(6-8-19)24-29-13-18(14-30-24)22-3-1-2-10-27-22/h1-11,13-14H,12,15H2,(H,28,31). The van der Waals surface area contributed by atoms with E-state index >= 15 is 0 Å². The van der Waals surface area contributed by atoms with E-state index in [0.29, 0.717) is 28.2 Å². The fourth-order valence-corrected chi connectivity index (χ4v) is 3.21. The summed E-state index contributed by atoms with van der Waals surface area (Å²) in [7, 11) is 0. The van der Waals surface area contributed by atoms with Crippen molar-refractivity contribution in [3.8, 4) is 28.4 Å². The minimum atomic E-state index is -0.242. The molecule has 0 radical (unpaired) electrons. The first-order valence-corrected chi connectivity index (χ1v) is 10.5. The Morgan fingerprint density at radius 1 is 0.875 bits per heavy atom. The van der Waals surface area contributed by atoms with Crippen LogP contribution in [0, 0.1) is 0 Å². The van der Waals surface area contributed by atoms with E-state index in [2.05, 4.69) is 20.3 Å². The van der Waals surface area contributed by atoms with Gasteiger partial charge in [0.1, 0.15) is 5.75 Å². The molecule has 2 aromatic heterocycles. The number of hydrogen-bond donors (Lipinski definition) is 1. The van der Waals surface area contributed by atoms with E-state index in [0.717, 1.165) is 22.4 Å². The van der Waals surface area contributed by atoms with Crippen LogP contribution in [0.4, 0.5) is 0 Å². The molecule has 8 heteroatoms. The van der Waals surface area contributed by atoms with Crippen molar-refractivity contribution in [3.05, 3.63) is 94.9 Å². The van der Waals surface area contributed by atoms with E-state index in [4.69, 9.17) is 27.9 Å². The zero-order valence-corrected chi connectivity index (χ0v) is 18.3. The van der Waals surface area contributed by atoms with Gasteiger partial charge in [-0.2, -0.15) is 0 Å². The molecular formula is C24H18Cl2N4O2. The number of halogens is 2. The molecule has 4 rings (SSSR count). The van der Waals surface area contributed by atoms with E-state index in [9.17, 15) is 4.79 Å². The van der Waals surface area contributed by atoms with Crippen LogP contribution in [-0.4, -0.2) is 27.5 Å². The molecule has 0 saturated carbocycles. The van der Waals surface area contributed by atoms with E-state index in [1.54, 1.807) is 48.9 Å². The number of aromatic nitrogens is 3. The maximum absolute atomic E-state index is 12.1. The summed E-state index contributed by atoms with van der Waals surface area (Å²) in [5.41, 5.74) is 3.36. The lowest BCUT2D eigenvalue weighted by atomic mass is 10.2. The van der Waals surface area contributed by atoms with E-state index in [1.807, 2.05) is 30.3 Å². The van der Waals surface area contributed by atoms with E-state index < -0.39 is 0 Å². The van der Waals surface area contributed by atoms with Gasteiger partial charge in [0.05, 0.1) is 15.7 Å². The van der Waals surface area contributed by atoms with E-state index in [1.165, 1.54) is 0 Å². The maximum Gasteiger partial charge on any atom is 0.258 e. The zero-order valence-electron chi connectivity index (χ0n) is 16.8. The Morgan fingerprint density at radius 3 is 2.34 bits per heavy atom. The summed E-state index contributed by atoms with van der Waals surface area (Å²) in [4.78, 5) is 25.2. The fraction of sp³-hybridized carbons (Fsp3) is 0.0833. The highest BCUT2D eigenvalue weighted by molar-refractivity contribution is 6.42. The molecule has 0 aliphatic heterocycles. The molecular weight excluding hydrogens is 447 g/mol. The zero-order chi connectivity index (χ0) is 22.3. The van der Waals surface area contributed by atoms with Gasteiger partial charge in [-0.05, 0) is 54.1 Å². The lowest BCUT2D eigenvalue weighted by Crippen LogP contribution is -2.28. The summed E-state index contributed by atoms with van der Waals surface area (Å²) in [5.74, 6) is 0.924. The van der Waals surface area contributed by atoms with Gasteiger partial charge in [0.25, 0.3) is 5.91 Å². The third-order valence-corrected chi connectivity index (χ3v) is 5.31. The van der Waals surface area contributed by atoms with Crippen LogP contribution >= 0.6 is 23.2 Å². The van der Waals surface area contributed by atoms with Crippen LogP contribution in [0.2, 0.25) is 10.0 Å². The van der Waals surface area contributed by atoms with Gasteiger partial charge in [-0.25, -0.2) is 9.97 Å². The lowest BCUT2D eigenvalue weighted by molar-refractivity contribution is -0.123. The maximum atomic E-state index is 12.1. The molecule has 32 heavy (non-hydrogen) atoms. The largest absolute Gasteiger partial charge is 0.484 e. The highest BCUT2D eigenvalue weighted by Gasteiger charge is 2.07. The van der Waals surface area contributed by atoms with Gasteiger partial charge >= 0.3 is 0 Å². The molecule has 2 aromatic carbocycles. The summed E-state index contributed by atoms with van der Waals surface area (Å²) in [6.45, 7) is 0.236. The predicted octanol–water partition coefficient (Wildman–Crippen LogP) is 5.21. The van der Waals surface area contributed by atoms with Crippen LogP contribution in [0.25, 0.3) is 22.6 Å². The number of rotatable bonds is 7. The summed E-state index contributed by atoms with van der Waals surface area (Å²) < 4.78 is 5.56. The molecule has 0 fully saturated rings. The first-order chi connectivity index (χ1) is 15.6. The Morgan fingerprint density at radius 2 is 1.66 bits per heavy atom. The number of ether oxygens (including phenoxy) is 1. The second kappa shape index (κ2) is 10.2. The molecule has 0 aliphatic rings. The molecule has 1 N–H and O–H groups in total. The van der Waals surface area contributed by atoms with Crippen molar-refractivity contribution in [2.45, 2.75) is 6.54 Å². The minimum absolute atomic E-state index is 0.101. The molecule has 0 atom stereocenters. The molecule has 0 aliphatic carbocycles. The molecule has 160 valence electrons. The van der Waals surface area contributed by atoms with Crippen molar-refractivity contribution in [2.24, 2.45) is 0 Å². The predicted molar refractivity (Wildman–Crippen MR) is 125 cm³/mol. The molecule has 6 nitrogen and oxygen atoms in total. The summed E-state index contributed by atoms with van der Waals surface area (Å²) >= 11 is 11.9. The number of amides is 1. The average Bonchev–Trinajstić information content (AvgIpc) is 2.84. The van der Waals surface area contributed by atoms with Crippen LogP contribution in [0.15, 0.2) is 79.3 Å². The number of carbonyl (C=O) groups excluding carboxylic acids is 1. The topological polar surface area (TPSA) is 77.0 Å². The Labute approximate surface area is 195 Å². The first-order valence-electron chi connectivity index (χ1n) is 9.76. The molecule has 4 aromatic rings. The number of nitrogens with zero attached hydrogens (tertiary/aromatic N) is 3. The minimum Gasteiger partial charge on any atom is -0.484 e. The van der Waals surface area contributed by atoms with Gasteiger partial charge in [0.15, 0.2) is 12.4 Å². The molecule has 0 spiro atoms. The highest BCUT2D eigenvalue weighted by atomic mass is 35.5. The summed E-state index contributed by atoms with van der Waals surface area (Å²) in [5, 5.41) is 3.71. The third-order valence-electron chi connectivity index (χ3n) is 4.57. The van der Waals surface area contributed by atoms with Crippen molar-refractivity contribution in [1.82, 2.24) is 20.3 Å². The van der Waals surface area contributed by atoms with Crippen LogP contribution in [0.3, 0.4) is 0 Å². The highest BCUT2D eigenvalue weighted by Crippen LogP contribution is 2.23. The Hall–Kier alpha value is -3.48. The van der Waals surface area contributed by atoms with Gasteiger partial charge in [-0.3, -0.25) is 9.78 Å². The van der Waals surface area contributed by atoms with Gasteiger partial charge in [-0.15, -0.1) is 0 Å². The number of carbonyl (C=O) groups is 1. The van der Waals surface area contributed by atoms with Crippen molar-refractivity contribution < 1.29 is 9.53 Å². The number of hydrogen-bond acceptors (Lipinski definition) is 5. The van der Waals surface area contributed by atoms with Crippen LogP contribution in [0.1, 0.15) is 5.56 Å². The van der Waals surface area contributed by atoms with Crippen molar-refractivity contribution >= 4 is 29.1 Å². The van der Waals surface area contributed by atoms with Gasteiger partial charge in [-0.1, -0.05) is 35.3 Å². The number of benzene rings is 2. The van der Waals surface area contributed by atoms with Crippen molar-refractivity contribution in [2.75, 3.05) is 6.61 Å². The SMILES string of the molecule is O=C(COc1ccc(-c2ncc(-c3ccccn3)cn2)cc1)NCc1ccc(Cl)c(Cl)c1. The average molecular weight is 465 g/mol. The van der Waals surface area contributed by atoms with Gasteiger partial charge in [0.2, 0.25) is 0 Å². The normalized spacial score (nSPS) is 10.6. The second-order valence-electron chi connectivity index (χ2n) is 6.85. The number of pyridine rings is 1. The van der Waals surface area contributed by atoms with Gasteiger partial charge < -0.3 is 10.1 Å². The molecule has 0 saturated heterocycles. The molecule has 0 bridgehead atoms. The first kappa shape index (κ1) is 21.7. The molecule has 0 unspecified atom stereocenters. The van der Waals surface area contributed by atoms with Crippen molar-refractivity contribution in [3.63, 3.8) is 0 Å². The smallest absolute Gasteiger partial charge is 0.258 e. The van der Waals surface area contributed by atoms with Crippen LogP contribution < -0.4 is 10.1 Å². The monoisotopic (exact) mass is 464 g/mol.